The van der Waals surface area contributed by atoms with Gasteiger partial charge in [-0.2, -0.15) is 0 Å². The Kier molecular flexibility index (Phi) is 5.72. The molecule has 0 aliphatic heterocycles. The van der Waals surface area contributed by atoms with E-state index in [0.29, 0.717) is 8.79 Å². The Morgan fingerprint density at radius 1 is 0.667 bits per heavy atom. The van der Waals surface area contributed by atoms with Crippen LogP contribution < -0.4 is 8.79 Å². The van der Waals surface area contributed by atoms with Crippen LogP contribution in [-0.4, -0.2) is 16.4 Å². The summed E-state index contributed by atoms with van der Waals surface area (Å²) in [6, 6.07) is 7.88. The number of halogens is 4. The molecule has 0 aromatic heterocycles. The summed E-state index contributed by atoms with van der Waals surface area (Å²) in [7, 11) is 0. The molecule has 0 amide bonds. The average Bonchev–Trinajstić information content (AvgIpc) is 2.34. The van der Waals surface area contributed by atoms with Gasteiger partial charge in [0, 0.05) is 0 Å². The number of alkyl halides is 3. The number of rotatable bonds is 2. The molecule has 0 heterocycles. The molecule has 130 valence electrons. The van der Waals surface area contributed by atoms with Crippen molar-refractivity contribution < 1.29 is 3.50 Å². The van der Waals surface area contributed by atoms with Gasteiger partial charge in [-0.3, -0.25) is 0 Å². The minimum atomic E-state index is -4.79. The summed E-state index contributed by atoms with van der Waals surface area (Å²) < 4.78 is 16.2. The van der Waals surface area contributed by atoms with Crippen LogP contribution in [0.4, 0.5) is 3.50 Å². The minimum absolute atomic E-state index is 0.621. The van der Waals surface area contributed by atoms with Crippen molar-refractivity contribution in [2.75, 3.05) is 0 Å². The fourth-order valence-electron chi connectivity index (χ4n) is 3.86. The van der Waals surface area contributed by atoms with Crippen molar-refractivity contribution in [3.63, 3.8) is 0 Å². The Bertz CT molecular complexity index is 690. The summed E-state index contributed by atoms with van der Waals surface area (Å²) in [5.41, 5.74) is 5.61. The van der Waals surface area contributed by atoms with Crippen molar-refractivity contribution in [2.24, 2.45) is 0 Å². The maximum atomic E-state index is 16.9. The Labute approximate surface area is 162 Å². The molecule has 0 aliphatic carbocycles. The SMILES string of the molecule is Cc1cc(C)[c]([Ge]([F])([c]2c(C)cc(C)cc2C)[C](Cl)(Cl)Cl)c(C)c1. The third-order valence-electron chi connectivity index (χ3n) is 4.43. The van der Waals surface area contributed by atoms with E-state index in [0.717, 1.165) is 33.4 Å². The molecule has 2 aromatic carbocycles. The van der Waals surface area contributed by atoms with E-state index < -0.39 is 16.4 Å². The third-order valence-corrected chi connectivity index (χ3v) is 16.3. The predicted molar refractivity (Wildman–Crippen MR) is 108 cm³/mol. The summed E-state index contributed by atoms with van der Waals surface area (Å²) in [6.45, 7) is 11.6. The van der Waals surface area contributed by atoms with Gasteiger partial charge in [-0.05, 0) is 0 Å². The van der Waals surface area contributed by atoms with Crippen LogP contribution in [0, 0.1) is 41.5 Å². The molecule has 0 saturated heterocycles. The molecular formula is C19H22Cl3FGe. The zero-order valence-electron chi connectivity index (χ0n) is 14.8. The van der Waals surface area contributed by atoms with Crippen LogP contribution in [0.5, 0.6) is 0 Å². The molecule has 0 radical (unpaired) electrons. The van der Waals surface area contributed by atoms with E-state index in [-0.39, 0.29) is 0 Å². The number of hydrogen-bond donors (Lipinski definition) is 0. The summed E-state index contributed by atoms with van der Waals surface area (Å²) in [5.74, 6) is 0. The van der Waals surface area contributed by atoms with Crippen molar-refractivity contribution >= 4 is 57.3 Å². The van der Waals surface area contributed by atoms with Gasteiger partial charge in [-0.25, -0.2) is 0 Å². The quantitative estimate of drug-likeness (QED) is 0.422. The molecule has 0 spiro atoms. The van der Waals surface area contributed by atoms with Crippen LogP contribution in [0.25, 0.3) is 0 Å². The first-order chi connectivity index (χ1) is 10.9. The second kappa shape index (κ2) is 6.83. The first kappa shape index (κ1) is 20.1. The van der Waals surface area contributed by atoms with Crippen molar-refractivity contribution in [1.29, 1.82) is 0 Å². The van der Waals surface area contributed by atoms with Gasteiger partial charge in [0.15, 0.2) is 0 Å². The van der Waals surface area contributed by atoms with Gasteiger partial charge in [0.05, 0.1) is 0 Å². The summed E-state index contributed by atoms with van der Waals surface area (Å²) in [5, 5.41) is 0. The second-order valence-corrected chi connectivity index (χ2v) is 17.4. The van der Waals surface area contributed by atoms with E-state index in [4.69, 9.17) is 34.8 Å². The first-order valence-corrected chi connectivity index (χ1v) is 12.9. The Morgan fingerprint density at radius 3 is 1.12 bits per heavy atom. The molecule has 5 heteroatoms. The number of hydrogen-bond acceptors (Lipinski definition) is 0. The zero-order valence-corrected chi connectivity index (χ0v) is 19.2. The van der Waals surface area contributed by atoms with Crippen molar-refractivity contribution in [3.8, 4) is 0 Å². The molecule has 2 rings (SSSR count). The molecule has 0 N–H and O–H groups in total. The van der Waals surface area contributed by atoms with Gasteiger partial charge in [0.2, 0.25) is 0 Å². The van der Waals surface area contributed by atoms with E-state index in [1.54, 1.807) is 0 Å². The number of aryl methyl sites for hydroxylation is 6. The van der Waals surface area contributed by atoms with Crippen LogP contribution in [0.1, 0.15) is 33.4 Å². The Morgan fingerprint density at radius 2 is 0.917 bits per heavy atom. The summed E-state index contributed by atoms with van der Waals surface area (Å²) in [4.78, 5) is 0. The molecule has 0 atom stereocenters. The van der Waals surface area contributed by atoms with Gasteiger partial charge in [-0.15, -0.1) is 0 Å². The van der Waals surface area contributed by atoms with E-state index in [9.17, 15) is 0 Å². The van der Waals surface area contributed by atoms with Crippen LogP contribution in [-0.2, 0) is 0 Å². The van der Waals surface area contributed by atoms with Crippen LogP contribution in [0.2, 0.25) is 0 Å². The molecule has 0 nitrogen and oxygen atoms in total. The second-order valence-electron chi connectivity index (χ2n) is 6.70. The van der Waals surface area contributed by atoms with E-state index in [1.165, 1.54) is 0 Å². The molecule has 0 fully saturated rings. The Hall–Kier alpha value is -0.217. The molecule has 0 bridgehead atoms. The van der Waals surface area contributed by atoms with Gasteiger partial charge < -0.3 is 0 Å². The van der Waals surface area contributed by atoms with E-state index >= 15 is 3.50 Å². The number of benzene rings is 2. The third kappa shape index (κ3) is 3.38. The monoisotopic (exact) mass is 448 g/mol. The molecule has 0 unspecified atom stereocenters. The van der Waals surface area contributed by atoms with E-state index in [1.807, 2.05) is 65.8 Å². The van der Waals surface area contributed by atoms with Crippen molar-refractivity contribution in [2.45, 2.75) is 44.2 Å². The molecule has 0 saturated carbocycles. The fourth-order valence-corrected chi connectivity index (χ4v) is 13.7. The van der Waals surface area contributed by atoms with Crippen molar-refractivity contribution in [1.82, 2.24) is 0 Å². The first-order valence-electron chi connectivity index (χ1n) is 7.82. The van der Waals surface area contributed by atoms with Crippen LogP contribution in [0.3, 0.4) is 0 Å². The van der Waals surface area contributed by atoms with Gasteiger partial charge in [-0.1, -0.05) is 0 Å². The van der Waals surface area contributed by atoms with Crippen LogP contribution >= 0.6 is 34.8 Å². The normalized spacial score (nSPS) is 12.6. The van der Waals surface area contributed by atoms with Gasteiger partial charge >= 0.3 is 163 Å². The summed E-state index contributed by atoms with van der Waals surface area (Å²) >= 11 is 14.2. The molecule has 0 aliphatic rings. The topological polar surface area (TPSA) is 0 Å². The summed E-state index contributed by atoms with van der Waals surface area (Å²) in [6.07, 6.45) is 0. The molecule has 2 aromatic rings. The molecule has 24 heavy (non-hydrogen) atoms. The molecular weight excluding hydrogens is 426 g/mol. The zero-order chi connectivity index (χ0) is 18.4. The van der Waals surface area contributed by atoms with Crippen LogP contribution in [0.15, 0.2) is 24.3 Å². The van der Waals surface area contributed by atoms with Gasteiger partial charge in [0.25, 0.3) is 0 Å². The van der Waals surface area contributed by atoms with Crippen molar-refractivity contribution in [3.05, 3.63) is 57.6 Å². The standard InChI is InChI=1S/C19H22Cl3FGe/c1-11-7-13(3)17(14(4)8-11)24(23,19(20,21)22)18-15(5)9-12(2)10-16(18)6/h7-10H,1-6H3. The maximum absolute atomic E-state index is 16.9. The van der Waals surface area contributed by atoms with E-state index in [2.05, 4.69) is 0 Å². The fraction of sp³-hybridized carbons (Fsp3) is 0.368. The average molecular weight is 448 g/mol. The Balaban J connectivity index is 2.95. The van der Waals surface area contributed by atoms with Gasteiger partial charge in [0.1, 0.15) is 0 Å². The predicted octanol–water partition coefficient (Wildman–Crippen LogP) is 5.48.